The molecule has 1 saturated heterocycles. The van der Waals surface area contributed by atoms with Crippen molar-refractivity contribution in [2.45, 2.75) is 6.42 Å². The van der Waals surface area contributed by atoms with Crippen molar-refractivity contribution in [3.8, 4) is 0 Å². The zero-order valence-corrected chi connectivity index (χ0v) is 13.1. The van der Waals surface area contributed by atoms with Gasteiger partial charge in [0, 0.05) is 36.8 Å². The van der Waals surface area contributed by atoms with Crippen LogP contribution in [-0.2, 0) is 9.59 Å². The fourth-order valence-corrected chi connectivity index (χ4v) is 2.78. The Morgan fingerprint density at radius 1 is 1.36 bits per heavy atom. The van der Waals surface area contributed by atoms with Gasteiger partial charge in [0.2, 0.25) is 11.8 Å². The minimum Gasteiger partial charge on any atom is -0.335 e. The molecule has 1 aromatic rings. The van der Waals surface area contributed by atoms with Gasteiger partial charge in [0.15, 0.2) is 0 Å². The molecule has 116 valence electrons. The van der Waals surface area contributed by atoms with Crippen LogP contribution in [0.3, 0.4) is 0 Å². The van der Waals surface area contributed by atoms with Crippen LogP contribution in [0, 0.1) is 5.92 Å². The summed E-state index contributed by atoms with van der Waals surface area (Å²) in [6.45, 7) is 8.60. The lowest BCUT2D eigenvalue weighted by molar-refractivity contribution is -0.134. The van der Waals surface area contributed by atoms with E-state index in [0.29, 0.717) is 24.7 Å². The van der Waals surface area contributed by atoms with Gasteiger partial charge in [-0.05, 0) is 18.2 Å². The number of hydrogen-bond donors (Lipinski definition) is 0. The van der Waals surface area contributed by atoms with Crippen molar-refractivity contribution in [2.75, 3.05) is 24.5 Å². The molecule has 0 N–H and O–H groups in total. The van der Waals surface area contributed by atoms with E-state index in [-0.39, 0.29) is 24.2 Å². The Hall–Kier alpha value is -2.07. The number of carbonyl (C=O) groups excluding carboxylic acids is 2. The third kappa shape index (κ3) is 3.57. The topological polar surface area (TPSA) is 40.6 Å². The van der Waals surface area contributed by atoms with Crippen molar-refractivity contribution in [3.63, 3.8) is 0 Å². The minimum atomic E-state index is -0.341. The van der Waals surface area contributed by atoms with Crippen molar-refractivity contribution in [1.29, 1.82) is 0 Å². The quantitative estimate of drug-likeness (QED) is 0.757. The van der Waals surface area contributed by atoms with Crippen LogP contribution in [0.5, 0.6) is 0 Å². The summed E-state index contributed by atoms with van der Waals surface area (Å²) in [4.78, 5) is 28.0. The molecule has 5 heteroatoms. The zero-order valence-electron chi connectivity index (χ0n) is 12.4. The normalized spacial score (nSPS) is 17.4. The first-order valence-corrected chi connectivity index (χ1v) is 7.51. The molecule has 1 fully saturated rings. The summed E-state index contributed by atoms with van der Waals surface area (Å²) in [7, 11) is 0. The van der Waals surface area contributed by atoms with Gasteiger partial charge in [0.05, 0.1) is 5.92 Å². The zero-order chi connectivity index (χ0) is 16.1. The second-order valence-corrected chi connectivity index (χ2v) is 5.64. The average molecular weight is 319 g/mol. The molecule has 1 aliphatic rings. The lowest BCUT2D eigenvalue weighted by atomic mass is 10.1. The summed E-state index contributed by atoms with van der Waals surface area (Å²) in [5.41, 5.74) is 0.729. The maximum absolute atomic E-state index is 12.5. The van der Waals surface area contributed by atoms with Crippen molar-refractivity contribution in [2.24, 2.45) is 5.92 Å². The molecular weight excluding hydrogens is 300 g/mol. The highest BCUT2D eigenvalue weighted by atomic mass is 35.5. The molecule has 4 nitrogen and oxygen atoms in total. The van der Waals surface area contributed by atoms with Crippen LogP contribution in [0.1, 0.15) is 6.42 Å². The predicted octanol–water partition coefficient (Wildman–Crippen LogP) is 2.89. The van der Waals surface area contributed by atoms with Crippen molar-refractivity contribution >= 4 is 29.1 Å². The third-order valence-corrected chi connectivity index (χ3v) is 3.84. The van der Waals surface area contributed by atoms with E-state index in [0.717, 1.165) is 5.69 Å². The molecule has 0 bridgehead atoms. The van der Waals surface area contributed by atoms with E-state index in [1.54, 1.807) is 40.2 Å². The Kier molecular flexibility index (Phi) is 5.39. The standard InChI is InChI=1S/C17H19ClN2O2/c1-3-8-19(9-4-2)17(22)13-10-16(21)20(12-13)15-7-5-6-14(18)11-15/h3-7,11,13H,1-2,8-10,12H2. The summed E-state index contributed by atoms with van der Waals surface area (Å²) in [5.74, 6) is -0.443. The largest absolute Gasteiger partial charge is 0.335 e. The van der Waals surface area contributed by atoms with E-state index in [4.69, 9.17) is 11.6 Å². The van der Waals surface area contributed by atoms with Crippen molar-refractivity contribution in [1.82, 2.24) is 4.90 Å². The van der Waals surface area contributed by atoms with E-state index in [9.17, 15) is 9.59 Å². The summed E-state index contributed by atoms with van der Waals surface area (Å²) < 4.78 is 0. The maximum Gasteiger partial charge on any atom is 0.228 e. The van der Waals surface area contributed by atoms with Crippen molar-refractivity contribution < 1.29 is 9.59 Å². The second kappa shape index (κ2) is 7.27. The number of halogens is 1. The monoisotopic (exact) mass is 318 g/mol. The molecule has 1 atom stereocenters. The Morgan fingerprint density at radius 3 is 2.64 bits per heavy atom. The van der Waals surface area contributed by atoms with Gasteiger partial charge in [-0.25, -0.2) is 0 Å². The molecule has 2 amide bonds. The minimum absolute atomic E-state index is 0.0438. The Morgan fingerprint density at radius 2 is 2.05 bits per heavy atom. The molecule has 1 aromatic carbocycles. The summed E-state index contributed by atoms with van der Waals surface area (Å²) in [6.07, 6.45) is 3.57. The molecule has 0 radical (unpaired) electrons. The van der Waals surface area contributed by atoms with E-state index in [1.165, 1.54) is 0 Å². The van der Waals surface area contributed by atoms with Crippen molar-refractivity contribution in [3.05, 3.63) is 54.6 Å². The molecule has 0 aliphatic carbocycles. The first-order chi connectivity index (χ1) is 10.6. The van der Waals surface area contributed by atoms with Gasteiger partial charge in [-0.15, -0.1) is 13.2 Å². The van der Waals surface area contributed by atoms with E-state index in [1.807, 2.05) is 6.07 Å². The Bertz CT molecular complexity index is 590. The number of anilines is 1. The van der Waals surface area contributed by atoms with E-state index in [2.05, 4.69) is 13.2 Å². The summed E-state index contributed by atoms with van der Waals surface area (Å²) >= 11 is 5.97. The third-order valence-electron chi connectivity index (χ3n) is 3.60. The maximum atomic E-state index is 12.5. The van der Waals surface area contributed by atoms with Crippen LogP contribution in [-0.4, -0.2) is 36.3 Å². The highest BCUT2D eigenvalue weighted by Gasteiger charge is 2.36. The molecule has 0 aromatic heterocycles. The SMILES string of the molecule is C=CCN(CC=C)C(=O)C1CC(=O)N(c2cccc(Cl)c2)C1. The first-order valence-electron chi connectivity index (χ1n) is 7.13. The van der Waals surface area contributed by atoms with Gasteiger partial charge in [0.25, 0.3) is 0 Å². The molecule has 1 heterocycles. The van der Waals surface area contributed by atoms with Crippen LogP contribution < -0.4 is 4.90 Å². The Balaban J connectivity index is 2.12. The van der Waals surface area contributed by atoms with Crippen LogP contribution in [0.4, 0.5) is 5.69 Å². The lowest BCUT2D eigenvalue weighted by Gasteiger charge is -2.23. The smallest absolute Gasteiger partial charge is 0.228 e. The second-order valence-electron chi connectivity index (χ2n) is 5.21. The Labute approximate surface area is 135 Å². The van der Waals surface area contributed by atoms with E-state index < -0.39 is 0 Å². The number of benzene rings is 1. The fraction of sp³-hybridized carbons (Fsp3) is 0.294. The lowest BCUT2D eigenvalue weighted by Crippen LogP contribution is -2.37. The van der Waals surface area contributed by atoms with Gasteiger partial charge in [-0.3, -0.25) is 9.59 Å². The fourth-order valence-electron chi connectivity index (χ4n) is 2.59. The van der Waals surface area contributed by atoms with Crippen LogP contribution in [0.25, 0.3) is 0 Å². The first kappa shape index (κ1) is 16.3. The van der Waals surface area contributed by atoms with Gasteiger partial charge >= 0.3 is 0 Å². The molecule has 1 unspecified atom stereocenters. The van der Waals surface area contributed by atoms with Crippen LogP contribution >= 0.6 is 11.6 Å². The molecule has 22 heavy (non-hydrogen) atoms. The van der Waals surface area contributed by atoms with E-state index >= 15 is 0 Å². The summed E-state index contributed by atoms with van der Waals surface area (Å²) in [6, 6.07) is 7.10. The highest BCUT2D eigenvalue weighted by molar-refractivity contribution is 6.30. The van der Waals surface area contributed by atoms with Gasteiger partial charge < -0.3 is 9.80 Å². The van der Waals surface area contributed by atoms with Gasteiger partial charge in [-0.1, -0.05) is 29.8 Å². The molecule has 0 saturated carbocycles. The van der Waals surface area contributed by atoms with Gasteiger partial charge in [0.1, 0.15) is 0 Å². The predicted molar refractivity (Wildman–Crippen MR) is 88.9 cm³/mol. The number of rotatable bonds is 6. The highest BCUT2D eigenvalue weighted by Crippen LogP contribution is 2.28. The number of amides is 2. The number of nitrogens with zero attached hydrogens (tertiary/aromatic N) is 2. The van der Waals surface area contributed by atoms with Crippen LogP contribution in [0.2, 0.25) is 5.02 Å². The number of hydrogen-bond acceptors (Lipinski definition) is 2. The molecule has 1 aliphatic heterocycles. The average Bonchev–Trinajstić information content (AvgIpc) is 2.88. The molecule has 0 spiro atoms. The van der Waals surface area contributed by atoms with Crippen LogP contribution in [0.15, 0.2) is 49.6 Å². The summed E-state index contributed by atoms with van der Waals surface area (Å²) in [5, 5.41) is 0.569. The molecule has 2 rings (SSSR count). The number of carbonyl (C=O) groups is 2. The van der Waals surface area contributed by atoms with Gasteiger partial charge in [-0.2, -0.15) is 0 Å². The molecular formula is C17H19ClN2O2.